The molecule has 0 saturated heterocycles. The summed E-state index contributed by atoms with van der Waals surface area (Å²) in [5.41, 5.74) is -0.889. The number of aromatic amines is 1. The van der Waals surface area contributed by atoms with Gasteiger partial charge in [0.1, 0.15) is 0 Å². The van der Waals surface area contributed by atoms with Crippen LogP contribution < -0.4 is 5.56 Å². The Labute approximate surface area is 142 Å². The minimum atomic E-state index is -3.99. The molecule has 0 bridgehead atoms. The van der Waals surface area contributed by atoms with Gasteiger partial charge in [-0.2, -0.15) is 8.78 Å². The lowest BCUT2D eigenvalue weighted by atomic mass is 10.0. The normalized spacial score (nSPS) is 11.5. The van der Waals surface area contributed by atoms with Crippen molar-refractivity contribution in [1.82, 2.24) is 4.98 Å². The number of rotatable bonds is 4. The molecule has 6 heteroatoms. The van der Waals surface area contributed by atoms with Gasteiger partial charge in [0.15, 0.2) is 0 Å². The highest BCUT2D eigenvalue weighted by molar-refractivity contribution is 5.86. The molecule has 0 aliphatic rings. The maximum absolute atomic E-state index is 14.0. The quantitative estimate of drug-likeness (QED) is 0.732. The first-order valence-electron chi connectivity index (χ1n) is 7.71. The zero-order chi connectivity index (χ0) is 18.0. The molecule has 1 aromatic heterocycles. The molecule has 1 heterocycles. The van der Waals surface area contributed by atoms with E-state index in [1.807, 2.05) is 36.4 Å². The van der Waals surface area contributed by atoms with Gasteiger partial charge in [0.05, 0.1) is 12.2 Å². The third kappa shape index (κ3) is 3.15. The Hall–Kier alpha value is -3.02. The predicted octanol–water partition coefficient (Wildman–Crippen LogP) is 3.85. The van der Waals surface area contributed by atoms with Gasteiger partial charge < -0.3 is 9.72 Å². The Morgan fingerprint density at radius 2 is 1.80 bits per heavy atom. The topological polar surface area (TPSA) is 59.2 Å². The van der Waals surface area contributed by atoms with Crippen LogP contribution in [0.1, 0.15) is 12.5 Å². The summed E-state index contributed by atoms with van der Waals surface area (Å²) in [6, 6.07) is 15.5. The molecule has 0 aliphatic heterocycles. The maximum atomic E-state index is 14.0. The average Bonchev–Trinajstić information content (AvgIpc) is 2.61. The third-order valence-electron chi connectivity index (χ3n) is 3.84. The van der Waals surface area contributed by atoms with E-state index >= 15 is 0 Å². The maximum Gasteiger partial charge on any atom is 0.382 e. The minimum Gasteiger partial charge on any atom is -0.461 e. The van der Waals surface area contributed by atoms with Gasteiger partial charge >= 0.3 is 11.9 Å². The van der Waals surface area contributed by atoms with Crippen molar-refractivity contribution in [2.45, 2.75) is 12.8 Å². The van der Waals surface area contributed by atoms with E-state index in [-0.39, 0.29) is 6.61 Å². The number of hydrogen-bond acceptors (Lipinski definition) is 3. The number of alkyl halides is 2. The molecule has 2 aromatic carbocycles. The number of carbonyl (C=O) groups excluding carboxylic acids is 1. The minimum absolute atomic E-state index is 0.193. The van der Waals surface area contributed by atoms with E-state index in [1.165, 1.54) is 13.0 Å². The van der Waals surface area contributed by atoms with Crippen LogP contribution in [0.15, 0.2) is 59.4 Å². The van der Waals surface area contributed by atoms with Gasteiger partial charge in [0.25, 0.3) is 5.56 Å². The summed E-state index contributed by atoms with van der Waals surface area (Å²) >= 11 is 0. The summed E-state index contributed by atoms with van der Waals surface area (Å²) in [6.45, 7) is 1.22. The van der Waals surface area contributed by atoms with Crippen molar-refractivity contribution < 1.29 is 18.3 Å². The standard InChI is InChI=1S/C19H15F2NO3/c1-2-25-18(24)19(20,21)15-9-10-16(22-17(15)23)14-8-7-12-5-3-4-6-13(12)11-14/h3-11H,2H2,1H3,(H,22,23). The molecular weight excluding hydrogens is 328 g/mol. The van der Waals surface area contributed by atoms with Crippen molar-refractivity contribution in [1.29, 1.82) is 0 Å². The molecule has 3 rings (SSSR count). The molecule has 4 nitrogen and oxygen atoms in total. The van der Waals surface area contributed by atoms with E-state index in [9.17, 15) is 18.4 Å². The lowest BCUT2D eigenvalue weighted by molar-refractivity contribution is -0.173. The van der Waals surface area contributed by atoms with Crippen molar-refractivity contribution in [2.75, 3.05) is 6.61 Å². The Bertz CT molecular complexity index is 995. The molecule has 0 unspecified atom stereocenters. The van der Waals surface area contributed by atoms with Crippen molar-refractivity contribution in [3.8, 4) is 11.3 Å². The van der Waals surface area contributed by atoms with Crippen molar-refractivity contribution in [3.63, 3.8) is 0 Å². The second kappa shape index (κ2) is 6.47. The number of carbonyl (C=O) groups is 1. The van der Waals surface area contributed by atoms with Crippen molar-refractivity contribution in [3.05, 3.63) is 70.5 Å². The zero-order valence-electron chi connectivity index (χ0n) is 13.4. The Kier molecular flexibility index (Phi) is 4.35. The number of ether oxygens (including phenoxy) is 1. The first-order chi connectivity index (χ1) is 11.9. The second-order valence-electron chi connectivity index (χ2n) is 5.47. The Morgan fingerprint density at radius 3 is 2.48 bits per heavy atom. The molecule has 0 amide bonds. The largest absolute Gasteiger partial charge is 0.461 e. The molecule has 3 aromatic rings. The van der Waals surface area contributed by atoms with Gasteiger partial charge in [-0.05, 0) is 41.5 Å². The number of aromatic nitrogens is 1. The highest BCUT2D eigenvalue weighted by Crippen LogP contribution is 2.28. The first-order valence-corrected chi connectivity index (χ1v) is 7.71. The molecular formula is C19H15F2NO3. The first kappa shape index (κ1) is 16.8. The smallest absolute Gasteiger partial charge is 0.382 e. The lowest BCUT2D eigenvalue weighted by Crippen LogP contribution is -2.34. The van der Waals surface area contributed by atoms with Gasteiger partial charge in [-0.15, -0.1) is 0 Å². The summed E-state index contributed by atoms with van der Waals surface area (Å²) in [6.07, 6.45) is 0. The number of pyridine rings is 1. The molecule has 0 aliphatic carbocycles. The van der Waals surface area contributed by atoms with E-state index in [4.69, 9.17) is 0 Å². The molecule has 0 atom stereocenters. The van der Waals surface area contributed by atoms with Crippen molar-refractivity contribution in [2.24, 2.45) is 0 Å². The number of benzene rings is 2. The average molecular weight is 343 g/mol. The summed E-state index contributed by atoms with van der Waals surface area (Å²) in [4.78, 5) is 25.9. The number of halogens is 2. The summed E-state index contributed by atoms with van der Waals surface area (Å²) in [5, 5.41) is 1.99. The Morgan fingerprint density at radius 1 is 1.08 bits per heavy atom. The van der Waals surface area contributed by atoms with E-state index in [0.717, 1.165) is 16.8 Å². The van der Waals surface area contributed by atoms with Crippen LogP contribution in [0.5, 0.6) is 0 Å². The fraction of sp³-hybridized carbons (Fsp3) is 0.158. The van der Waals surface area contributed by atoms with Crippen LogP contribution in [0.25, 0.3) is 22.0 Å². The highest BCUT2D eigenvalue weighted by Gasteiger charge is 2.45. The fourth-order valence-corrected chi connectivity index (χ4v) is 2.58. The van der Waals surface area contributed by atoms with Crippen LogP contribution in [-0.4, -0.2) is 17.6 Å². The number of nitrogens with one attached hydrogen (secondary N) is 1. The van der Waals surface area contributed by atoms with Crippen molar-refractivity contribution >= 4 is 16.7 Å². The summed E-state index contributed by atoms with van der Waals surface area (Å²) in [5.74, 6) is -5.73. The number of esters is 1. The van der Waals surface area contributed by atoms with E-state index < -0.39 is 23.0 Å². The number of hydrogen-bond donors (Lipinski definition) is 1. The second-order valence-corrected chi connectivity index (χ2v) is 5.47. The SMILES string of the molecule is CCOC(=O)C(F)(F)c1ccc(-c2ccc3ccccc3c2)[nH]c1=O. The zero-order valence-corrected chi connectivity index (χ0v) is 13.4. The van der Waals surface area contributed by atoms with Gasteiger partial charge in [0, 0.05) is 5.69 Å². The van der Waals surface area contributed by atoms with Crippen LogP contribution >= 0.6 is 0 Å². The number of fused-ring (bicyclic) bond motifs is 1. The predicted molar refractivity (Wildman–Crippen MR) is 90.5 cm³/mol. The fourth-order valence-electron chi connectivity index (χ4n) is 2.58. The van der Waals surface area contributed by atoms with Crippen LogP contribution in [0.2, 0.25) is 0 Å². The van der Waals surface area contributed by atoms with Gasteiger partial charge in [-0.25, -0.2) is 4.79 Å². The van der Waals surface area contributed by atoms with E-state index in [1.54, 1.807) is 6.07 Å². The van der Waals surface area contributed by atoms with Crippen LogP contribution in [0.4, 0.5) is 8.78 Å². The number of H-pyrrole nitrogens is 1. The molecule has 0 spiro atoms. The van der Waals surface area contributed by atoms with E-state index in [0.29, 0.717) is 11.3 Å². The molecule has 1 N–H and O–H groups in total. The van der Waals surface area contributed by atoms with E-state index in [2.05, 4.69) is 9.72 Å². The molecule has 0 saturated carbocycles. The van der Waals surface area contributed by atoms with Crippen LogP contribution in [0.3, 0.4) is 0 Å². The Balaban J connectivity index is 2.01. The molecule has 128 valence electrons. The summed E-state index contributed by atoms with van der Waals surface area (Å²) in [7, 11) is 0. The van der Waals surface area contributed by atoms with Crippen LogP contribution in [-0.2, 0) is 15.5 Å². The monoisotopic (exact) mass is 343 g/mol. The van der Waals surface area contributed by atoms with Gasteiger partial charge in [0.2, 0.25) is 0 Å². The molecule has 25 heavy (non-hydrogen) atoms. The van der Waals surface area contributed by atoms with Gasteiger partial charge in [-0.1, -0.05) is 36.4 Å². The summed E-state index contributed by atoms with van der Waals surface area (Å²) < 4.78 is 32.4. The van der Waals surface area contributed by atoms with Crippen LogP contribution in [0, 0.1) is 0 Å². The lowest BCUT2D eigenvalue weighted by Gasteiger charge is -2.14. The molecule has 0 radical (unpaired) electrons. The highest BCUT2D eigenvalue weighted by atomic mass is 19.3. The molecule has 0 fully saturated rings. The van der Waals surface area contributed by atoms with Gasteiger partial charge in [-0.3, -0.25) is 4.79 Å². The third-order valence-corrected chi connectivity index (χ3v) is 3.84.